The first-order valence-electron chi connectivity index (χ1n) is 8.19. The minimum Gasteiger partial charge on any atom is -0.508 e. The zero-order valence-corrected chi connectivity index (χ0v) is 13.6. The highest BCUT2D eigenvalue weighted by Crippen LogP contribution is 2.17. The molecule has 0 aliphatic carbocycles. The molecular formula is C17H28N3O2+. The molecule has 3 N–H and O–H groups in total. The summed E-state index contributed by atoms with van der Waals surface area (Å²) in [5, 5.41) is 12.3. The van der Waals surface area contributed by atoms with E-state index >= 15 is 0 Å². The van der Waals surface area contributed by atoms with Crippen molar-refractivity contribution >= 4 is 11.6 Å². The van der Waals surface area contributed by atoms with E-state index in [1.165, 1.54) is 4.90 Å². The quantitative estimate of drug-likeness (QED) is 0.707. The van der Waals surface area contributed by atoms with Gasteiger partial charge in [0.15, 0.2) is 6.54 Å². The van der Waals surface area contributed by atoms with Crippen LogP contribution in [0.2, 0.25) is 0 Å². The van der Waals surface area contributed by atoms with Gasteiger partial charge in [-0.1, -0.05) is 13.8 Å². The predicted molar refractivity (Wildman–Crippen MR) is 88.3 cm³/mol. The van der Waals surface area contributed by atoms with Gasteiger partial charge in [-0.05, 0) is 36.6 Å². The lowest BCUT2D eigenvalue weighted by Crippen LogP contribution is -3.15. The number of anilines is 1. The van der Waals surface area contributed by atoms with E-state index in [2.05, 4.69) is 24.1 Å². The maximum absolute atomic E-state index is 11.9. The zero-order chi connectivity index (χ0) is 15.9. The number of piperazine rings is 1. The van der Waals surface area contributed by atoms with Gasteiger partial charge in [0.1, 0.15) is 5.75 Å². The number of rotatable bonds is 6. The molecule has 1 aromatic rings. The van der Waals surface area contributed by atoms with Crippen molar-refractivity contribution in [3.63, 3.8) is 0 Å². The van der Waals surface area contributed by atoms with Crippen molar-refractivity contribution in [2.75, 3.05) is 44.2 Å². The van der Waals surface area contributed by atoms with Crippen LogP contribution >= 0.6 is 0 Å². The number of nitrogens with zero attached hydrogens (tertiary/aromatic N) is 1. The maximum atomic E-state index is 11.9. The molecule has 5 heteroatoms. The van der Waals surface area contributed by atoms with Crippen LogP contribution in [0.15, 0.2) is 24.3 Å². The molecule has 0 saturated carbocycles. The molecule has 1 saturated heterocycles. The van der Waals surface area contributed by atoms with Crippen LogP contribution in [0.5, 0.6) is 5.75 Å². The Kier molecular flexibility index (Phi) is 6.07. The van der Waals surface area contributed by atoms with Gasteiger partial charge in [0.05, 0.1) is 26.2 Å². The number of carbonyl (C=O) groups excluding carboxylic acids is 1. The highest BCUT2D eigenvalue weighted by molar-refractivity contribution is 5.76. The summed E-state index contributed by atoms with van der Waals surface area (Å²) in [5.74, 6) is 1.08. The number of phenolic OH excluding ortho intramolecular Hbond substituents is 1. The molecule has 1 fully saturated rings. The van der Waals surface area contributed by atoms with Crippen LogP contribution in [0, 0.1) is 5.92 Å². The van der Waals surface area contributed by atoms with Gasteiger partial charge in [-0.3, -0.25) is 4.79 Å². The van der Waals surface area contributed by atoms with Crippen LogP contribution in [-0.4, -0.2) is 50.3 Å². The highest BCUT2D eigenvalue weighted by Gasteiger charge is 2.22. The zero-order valence-electron chi connectivity index (χ0n) is 13.6. The van der Waals surface area contributed by atoms with Crippen LogP contribution in [0.25, 0.3) is 0 Å². The molecule has 0 radical (unpaired) electrons. The third-order valence-electron chi connectivity index (χ3n) is 4.14. The Morgan fingerprint density at radius 1 is 1.27 bits per heavy atom. The summed E-state index contributed by atoms with van der Waals surface area (Å²) >= 11 is 0. The molecule has 1 aromatic carbocycles. The predicted octanol–water partition coefficient (Wildman–Crippen LogP) is 0.259. The second kappa shape index (κ2) is 8.03. The minimum atomic E-state index is 0.161. The summed E-state index contributed by atoms with van der Waals surface area (Å²) < 4.78 is 0. The fraction of sp³-hybridized carbons (Fsp3) is 0.588. The fourth-order valence-electron chi connectivity index (χ4n) is 2.71. The van der Waals surface area contributed by atoms with Crippen LogP contribution < -0.4 is 15.1 Å². The normalized spacial score (nSPS) is 16.0. The topological polar surface area (TPSA) is 57.0 Å². The van der Waals surface area contributed by atoms with Crippen molar-refractivity contribution in [3.05, 3.63) is 24.3 Å². The Morgan fingerprint density at radius 2 is 1.91 bits per heavy atom. The first-order valence-corrected chi connectivity index (χ1v) is 8.19. The van der Waals surface area contributed by atoms with Crippen molar-refractivity contribution in [1.82, 2.24) is 5.32 Å². The number of carbonyl (C=O) groups is 1. The Bertz CT molecular complexity index is 465. The summed E-state index contributed by atoms with van der Waals surface area (Å²) in [6.07, 6.45) is 1.04. The molecular weight excluding hydrogens is 278 g/mol. The molecule has 1 amide bonds. The van der Waals surface area contributed by atoms with Gasteiger partial charge in [0.2, 0.25) is 0 Å². The summed E-state index contributed by atoms with van der Waals surface area (Å²) in [5.41, 5.74) is 1.14. The Morgan fingerprint density at radius 3 is 2.50 bits per heavy atom. The van der Waals surface area contributed by atoms with Gasteiger partial charge < -0.3 is 20.2 Å². The van der Waals surface area contributed by atoms with E-state index in [4.69, 9.17) is 0 Å². The third kappa shape index (κ3) is 5.22. The average molecular weight is 306 g/mol. The molecule has 5 nitrogen and oxygen atoms in total. The van der Waals surface area contributed by atoms with Gasteiger partial charge in [0.25, 0.3) is 5.91 Å². The number of phenols is 1. The fourth-order valence-corrected chi connectivity index (χ4v) is 2.71. The molecule has 0 aromatic heterocycles. The number of amides is 1. The molecule has 1 aliphatic rings. The number of benzene rings is 1. The van der Waals surface area contributed by atoms with Crippen molar-refractivity contribution in [3.8, 4) is 5.75 Å². The standard InChI is InChI=1S/C17H27N3O2/c1-14(2)7-8-18-17(22)13-19-9-11-20(12-10-19)15-3-5-16(21)6-4-15/h3-6,14,21H,7-13H2,1-2H3,(H,18,22)/p+1. The second-order valence-electron chi connectivity index (χ2n) is 6.46. The monoisotopic (exact) mass is 306 g/mol. The number of aromatic hydroxyl groups is 1. The van der Waals surface area contributed by atoms with E-state index in [9.17, 15) is 9.90 Å². The van der Waals surface area contributed by atoms with E-state index < -0.39 is 0 Å². The van der Waals surface area contributed by atoms with E-state index in [-0.39, 0.29) is 5.91 Å². The lowest BCUT2D eigenvalue weighted by molar-refractivity contribution is -0.892. The molecule has 22 heavy (non-hydrogen) atoms. The summed E-state index contributed by atoms with van der Waals surface area (Å²) in [6, 6.07) is 7.32. The van der Waals surface area contributed by atoms with Crippen molar-refractivity contribution < 1.29 is 14.8 Å². The molecule has 0 spiro atoms. The van der Waals surface area contributed by atoms with Gasteiger partial charge in [0, 0.05) is 12.2 Å². The lowest BCUT2D eigenvalue weighted by atomic mass is 10.1. The largest absolute Gasteiger partial charge is 0.508 e. The van der Waals surface area contributed by atoms with Crippen LogP contribution in [0.3, 0.4) is 0 Å². The summed E-state index contributed by atoms with van der Waals surface area (Å²) in [6.45, 7) is 9.51. The smallest absolute Gasteiger partial charge is 0.275 e. The van der Waals surface area contributed by atoms with Gasteiger partial charge >= 0.3 is 0 Å². The molecule has 122 valence electrons. The molecule has 2 rings (SSSR count). The minimum absolute atomic E-state index is 0.161. The number of hydrogen-bond donors (Lipinski definition) is 3. The van der Waals surface area contributed by atoms with E-state index in [0.717, 1.165) is 44.8 Å². The van der Waals surface area contributed by atoms with Gasteiger partial charge in [-0.25, -0.2) is 0 Å². The molecule has 1 aliphatic heterocycles. The maximum Gasteiger partial charge on any atom is 0.275 e. The number of quaternary nitrogens is 1. The van der Waals surface area contributed by atoms with E-state index in [1.807, 2.05) is 12.1 Å². The molecule has 0 unspecified atom stereocenters. The SMILES string of the molecule is CC(C)CCNC(=O)C[NH+]1CCN(c2ccc(O)cc2)CC1. The van der Waals surface area contributed by atoms with Crippen LogP contribution in [0.1, 0.15) is 20.3 Å². The van der Waals surface area contributed by atoms with Gasteiger partial charge in [-0.2, -0.15) is 0 Å². The van der Waals surface area contributed by atoms with Crippen LogP contribution in [-0.2, 0) is 4.79 Å². The molecule has 1 heterocycles. The van der Waals surface area contributed by atoms with Crippen LogP contribution in [0.4, 0.5) is 5.69 Å². The Balaban J connectivity index is 1.70. The summed E-state index contributed by atoms with van der Waals surface area (Å²) in [4.78, 5) is 15.6. The summed E-state index contributed by atoms with van der Waals surface area (Å²) in [7, 11) is 0. The second-order valence-corrected chi connectivity index (χ2v) is 6.46. The van der Waals surface area contributed by atoms with E-state index in [0.29, 0.717) is 18.2 Å². The average Bonchev–Trinajstić information content (AvgIpc) is 2.48. The first kappa shape index (κ1) is 16.6. The highest BCUT2D eigenvalue weighted by atomic mass is 16.3. The third-order valence-corrected chi connectivity index (χ3v) is 4.14. The van der Waals surface area contributed by atoms with Gasteiger partial charge in [-0.15, -0.1) is 0 Å². The molecule has 0 bridgehead atoms. The first-order chi connectivity index (χ1) is 10.5. The molecule has 0 atom stereocenters. The van der Waals surface area contributed by atoms with Crippen molar-refractivity contribution in [2.24, 2.45) is 5.92 Å². The Hall–Kier alpha value is -1.75. The van der Waals surface area contributed by atoms with E-state index in [1.54, 1.807) is 12.1 Å². The van der Waals surface area contributed by atoms with Crippen molar-refractivity contribution in [1.29, 1.82) is 0 Å². The van der Waals surface area contributed by atoms with Crippen molar-refractivity contribution in [2.45, 2.75) is 20.3 Å². The lowest BCUT2D eigenvalue weighted by Gasteiger charge is -2.33. The Labute approximate surface area is 132 Å². The number of hydrogen-bond acceptors (Lipinski definition) is 3. The number of nitrogens with one attached hydrogen (secondary N) is 2.